The maximum Gasteiger partial charge on any atom is 0.239 e. The molecule has 1 amide bonds. The van der Waals surface area contributed by atoms with Gasteiger partial charge in [0.2, 0.25) is 5.91 Å². The summed E-state index contributed by atoms with van der Waals surface area (Å²) in [5.41, 5.74) is 2.58. The lowest BCUT2D eigenvalue weighted by Crippen LogP contribution is -2.62. The molecule has 4 heteroatoms. The van der Waals surface area contributed by atoms with Gasteiger partial charge in [0, 0.05) is 7.05 Å². The summed E-state index contributed by atoms with van der Waals surface area (Å²) in [7, 11) is 1.65. The first-order valence-electron chi connectivity index (χ1n) is 8.95. The van der Waals surface area contributed by atoms with Crippen LogP contribution in [0.5, 0.6) is 0 Å². The van der Waals surface area contributed by atoms with Gasteiger partial charge in [0.25, 0.3) is 0 Å². The van der Waals surface area contributed by atoms with Crippen molar-refractivity contribution in [2.75, 3.05) is 7.05 Å². The highest BCUT2D eigenvalue weighted by atomic mass is 16.2. The molecule has 1 saturated heterocycles. The van der Waals surface area contributed by atoms with E-state index in [2.05, 4.69) is 50.4 Å². The number of benzene rings is 2. The Morgan fingerprint density at radius 2 is 1.62 bits per heavy atom. The molecule has 2 atom stereocenters. The Morgan fingerprint density at radius 1 is 1.04 bits per heavy atom. The van der Waals surface area contributed by atoms with E-state index < -0.39 is 11.5 Å². The number of carbonyl (C=O) groups excluding carboxylic acids is 1. The monoisotopic (exact) mass is 349 g/mol. The van der Waals surface area contributed by atoms with E-state index >= 15 is 0 Å². The van der Waals surface area contributed by atoms with E-state index in [1.54, 1.807) is 7.05 Å². The topological polar surface area (TPSA) is 56.2 Å². The lowest BCUT2D eigenvalue weighted by molar-refractivity contribution is -0.131. The van der Waals surface area contributed by atoms with Crippen molar-refractivity contribution in [3.05, 3.63) is 71.3 Å². The highest BCUT2D eigenvalue weighted by molar-refractivity contribution is 6.02. The molecular weight excluding hydrogens is 322 g/mol. The van der Waals surface area contributed by atoms with Gasteiger partial charge in [-0.2, -0.15) is 0 Å². The maximum absolute atomic E-state index is 13.2. The van der Waals surface area contributed by atoms with Crippen LogP contribution in [0, 0.1) is 5.41 Å². The summed E-state index contributed by atoms with van der Waals surface area (Å²) < 4.78 is 0. The van der Waals surface area contributed by atoms with Gasteiger partial charge in [0.05, 0.1) is 11.5 Å². The van der Waals surface area contributed by atoms with Crippen LogP contribution in [0.2, 0.25) is 0 Å². The second-order valence-corrected chi connectivity index (χ2v) is 8.24. The van der Waals surface area contributed by atoms with Crippen LogP contribution in [-0.4, -0.2) is 23.8 Å². The molecule has 0 aromatic heterocycles. The largest absolute Gasteiger partial charge is 0.346 e. The van der Waals surface area contributed by atoms with E-state index in [1.165, 1.54) is 10.5 Å². The lowest BCUT2D eigenvalue weighted by atomic mass is 9.73. The standard InChI is InChI=1S/C22H27N3O/c1-21(2,3)16-13-11-15(12-14-16)18-19(26)25(5)20(23)24-22(18,4)17-9-7-6-8-10-17/h6-14,18H,1-5H3,(H2,23,24)/t18?,22-/m1/s1. The van der Waals surface area contributed by atoms with Gasteiger partial charge >= 0.3 is 0 Å². The zero-order valence-electron chi connectivity index (χ0n) is 16.1. The average molecular weight is 349 g/mol. The van der Waals surface area contributed by atoms with Gasteiger partial charge in [-0.15, -0.1) is 0 Å². The molecule has 0 spiro atoms. The second-order valence-electron chi connectivity index (χ2n) is 8.24. The number of nitrogens with one attached hydrogen (secondary N) is 2. The number of amides is 1. The molecule has 1 unspecified atom stereocenters. The fraction of sp³-hybridized carbons (Fsp3) is 0.364. The van der Waals surface area contributed by atoms with Gasteiger partial charge in [-0.1, -0.05) is 75.4 Å². The van der Waals surface area contributed by atoms with Gasteiger partial charge in [-0.05, 0) is 29.0 Å². The molecule has 3 rings (SSSR count). The number of hydrogen-bond acceptors (Lipinski definition) is 2. The third-order valence-electron chi connectivity index (χ3n) is 5.35. The van der Waals surface area contributed by atoms with Crippen molar-refractivity contribution in [2.45, 2.75) is 44.6 Å². The van der Waals surface area contributed by atoms with Crippen molar-refractivity contribution in [3.8, 4) is 0 Å². The number of guanidine groups is 1. The molecule has 0 radical (unpaired) electrons. The Balaban J connectivity index is 2.11. The third kappa shape index (κ3) is 3.00. The predicted octanol–water partition coefficient (Wildman–Crippen LogP) is 3.98. The van der Waals surface area contributed by atoms with E-state index in [4.69, 9.17) is 5.41 Å². The zero-order chi connectivity index (χ0) is 19.1. The van der Waals surface area contributed by atoms with Gasteiger partial charge in [-0.3, -0.25) is 15.1 Å². The number of likely N-dealkylation sites (N-methyl/N-ethyl adjacent to an activating group) is 1. The van der Waals surface area contributed by atoms with Crippen LogP contribution >= 0.6 is 0 Å². The SMILES string of the molecule is CN1C(=N)N[C@](C)(c2ccccc2)C(c2ccc(C(C)(C)C)cc2)C1=O. The number of carbonyl (C=O) groups is 1. The molecule has 4 nitrogen and oxygen atoms in total. The van der Waals surface area contributed by atoms with Gasteiger partial charge in [-0.25, -0.2) is 0 Å². The second kappa shape index (κ2) is 6.27. The average Bonchev–Trinajstić information content (AvgIpc) is 2.60. The summed E-state index contributed by atoms with van der Waals surface area (Å²) in [4.78, 5) is 14.5. The minimum Gasteiger partial charge on any atom is -0.346 e. The van der Waals surface area contributed by atoms with Crippen molar-refractivity contribution in [2.24, 2.45) is 0 Å². The van der Waals surface area contributed by atoms with Crippen LogP contribution in [0.3, 0.4) is 0 Å². The van der Waals surface area contributed by atoms with Crippen molar-refractivity contribution in [3.63, 3.8) is 0 Å². The van der Waals surface area contributed by atoms with Crippen molar-refractivity contribution >= 4 is 11.9 Å². The van der Waals surface area contributed by atoms with Gasteiger partial charge in [0.1, 0.15) is 0 Å². The van der Waals surface area contributed by atoms with Crippen molar-refractivity contribution in [1.82, 2.24) is 10.2 Å². The molecule has 0 bridgehead atoms. The highest BCUT2D eigenvalue weighted by Crippen LogP contribution is 2.41. The van der Waals surface area contributed by atoms with Gasteiger partial charge in [0.15, 0.2) is 5.96 Å². The van der Waals surface area contributed by atoms with E-state index in [0.29, 0.717) is 0 Å². The molecule has 1 fully saturated rings. The smallest absolute Gasteiger partial charge is 0.239 e. The summed E-state index contributed by atoms with van der Waals surface area (Å²) in [6.45, 7) is 8.54. The molecular formula is C22H27N3O. The Hall–Kier alpha value is -2.62. The molecule has 2 aromatic carbocycles. The van der Waals surface area contributed by atoms with E-state index in [9.17, 15) is 4.79 Å². The zero-order valence-corrected chi connectivity index (χ0v) is 16.1. The van der Waals surface area contributed by atoms with Crippen LogP contribution in [0.15, 0.2) is 54.6 Å². The summed E-state index contributed by atoms with van der Waals surface area (Å²) in [5, 5.41) is 11.5. The Morgan fingerprint density at radius 3 is 2.15 bits per heavy atom. The summed E-state index contributed by atoms with van der Waals surface area (Å²) in [5.74, 6) is -0.342. The first-order chi connectivity index (χ1) is 12.1. The molecule has 1 aliphatic rings. The van der Waals surface area contributed by atoms with E-state index in [0.717, 1.165) is 11.1 Å². The quantitative estimate of drug-likeness (QED) is 0.862. The van der Waals surface area contributed by atoms with Gasteiger partial charge < -0.3 is 5.32 Å². The Kier molecular flexibility index (Phi) is 4.39. The lowest BCUT2D eigenvalue weighted by Gasteiger charge is -2.46. The van der Waals surface area contributed by atoms with Crippen molar-refractivity contribution in [1.29, 1.82) is 5.41 Å². The highest BCUT2D eigenvalue weighted by Gasteiger charge is 2.48. The van der Waals surface area contributed by atoms with Crippen LogP contribution < -0.4 is 5.32 Å². The molecule has 2 aromatic rings. The van der Waals surface area contributed by atoms with Crippen LogP contribution in [0.4, 0.5) is 0 Å². The first-order valence-corrected chi connectivity index (χ1v) is 8.95. The van der Waals surface area contributed by atoms with E-state index in [-0.39, 0.29) is 17.3 Å². The summed E-state index contributed by atoms with van der Waals surface area (Å²) in [6, 6.07) is 18.2. The number of rotatable bonds is 2. The minimum absolute atomic E-state index is 0.0645. The fourth-order valence-electron chi connectivity index (χ4n) is 3.63. The summed E-state index contributed by atoms with van der Waals surface area (Å²) in [6.07, 6.45) is 0. The molecule has 0 aliphatic carbocycles. The Bertz CT molecular complexity index is 821. The molecule has 2 N–H and O–H groups in total. The minimum atomic E-state index is -0.675. The predicted molar refractivity (Wildman–Crippen MR) is 105 cm³/mol. The fourth-order valence-corrected chi connectivity index (χ4v) is 3.63. The van der Waals surface area contributed by atoms with Crippen LogP contribution in [-0.2, 0) is 15.7 Å². The molecule has 26 heavy (non-hydrogen) atoms. The number of nitrogens with zero attached hydrogens (tertiary/aromatic N) is 1. The van der Waals surface area contributed by atoms with Crippen LogP contribution in [0.25, 0.3) is 0 Å². The number of hydrogen-bond donors (Lipinski definition) is 2. The molecule has 0 saturated carbocycles. The molecule has 1 aliphatic heterocycles. The normalized spacial score (nSPS) is 23.7. The Labute approximate surface area is 155 Å². The summed E-state index contributed by atoms with van der Waals surface area (Å²) >= 11 is 0. The molecule has 136 valence electrons. The molecule has 1 heterocycles. The van der Waals surface area contributed by atoms with Crippen molar-refractivity contribution < 1.29 is 4.79 Å². The van der Waals surface area contributed by atoms with Crippen LogP contribution in [0.1, 0.15) is 50.3 Å². The van der Waals surface area contributed by atoms with E-state index in [1.807, 2.05) is 37.3 Å². The third-order valence-corrected chi connectivity index (χ3v) is 5.35. The maximum atomic E-state index is 13.2. The first kappa shape index (κ1) is 18.2.